The van der Waals surface area contributed by atoms with Gasteiger partial charge in [-0.05, 0) is 29.5 Å². The molecule has 0 aliphatic carbocycles. The van der Waals surface area contributed by atoms with Crippen LogP contribution >= 0.6 is 11.8 Å². The summed E-state index contributed by atoms with van der Waals surface area (Å²) in [5.41, 5.74) is 0.248. The number of benzene rings is 2. The number of halogens is 4. The first-order chi connectivity index (χ1) is 12.8. The summed E-state index contributed by atoms with van der Waals surface area (Å²) in [6.45, 7) is 0. The molecular formula is C17H10F4N4OS. The first kappa shape index (κ1) is 17.5. The maximum Gasteiger partial charge on any atom is 0.425 e. The van der Waals surface area contributed by atoms with Crippen molar-refractivity contribution < 1.29 is 22.4 Å². The largest absolute Gasteiger partial charge is 0.425 e. The van der Waals surface area contributed by atoms with E-state index in [1.807, 2.05) is 5.32 Å². The van der Waals surface area contributed by atoms with Gasteiger partial charge in [0.2, 0.25) is 4.87 Å². The van der Waals surface area contributed by atoms with Crippen molar-refractivity contribution in [3.63, 3.8) is 0 Å². The van der Waals surface area contributed by atoms with Gasteiger partial charge in [-0.15, -0.1) is 5.10 Å². The van der Waals surface area contributed by atoms with Crippen LogP contribution in [0.4, 0.5) is 22.4 Å². The molecule has 0 fully saturated rings. The third-order valence-electron chi connectivity index (χ3n) is 3.98. The summed E-state index contributed by atoms with van der Waals surface area (Å²) < 4.78 is 56.0. The lowest BCUT2D eigenvalue weighted by atomic mass is 10.1. The predicted octanol–water partition coefficient (Wildman–Crippen LogP) is 4.16. The average molecular weight is 394 g/mol. The van der Waals surface area contributed by atoms with Gasteiger partial charge in [0.1, 0.15) is 5.82 Å². The van der Waals surface area contributed by atoms with Crippen LogP contribution in [0.2, 0.25) is 0 Å². The van der Waals surface area contributed by atoms with E-state index in [0.717, 1.165) is 28.9 Å². The molecule has 0 saturated heterocycles. The Kier molecular flexibility index (Phi) is 3.95. The maximum atomic E-state index is 14.0. The Bertz CT molecular complexity index is 1000. The molecule has 1 amide bonds. The van der Waals surface area contributed by atoms with Crippen LogP contribution in [-0.4, -0.2) is 27.0 Å². The van der Waals surface area contributed by atoms with Crippen LogP contribution < -0.4 is 5.32 Å². The molecule has 3 aromatic rings. The van der Waals surface area contributed by atoms with Gasteiger partial charge in [-0.2, -0.15) is 17.9 Å². The van der Waals surface area contributed by atoms with Gasteiger partial charge in [-0.25, -0.2) is 14.2 Å². The molecule has 1 N–H and O–H groups in total. The SMILES string of the molecule is O=C1N[C@@](c2ccc(F)cc2)(C(F)(F)F)Sc2nc(-c3ccccc3)nn21. The molecule has 1 aliphatic heterocycles. The molecule has 1 aliphatic rings. The molecule has 10 heteroatoms. The van der Waals surface area contributed by atoms with Crippen LogP contribution in [0.15, 0.2) is 59.8 Å². The minimum Gasteiger partial charge on any atom is -0.309 e. The predicted molar refractivity (Wildman–Crippen MR) is 89.4 cm³/mol. The lowest BCUT2D eigenvalue weighted by molar-refractivity contribution is -0.168. The number of fused-ring (bicyclic) bond motifs is 1. The van der Waals surface area contributed by atoms with Crippen molar-refractivity contribution in [2.45, 2.75) is 16.2 Å². The van der Waals surface area contributed by atoms with E-state index in [4.69, 9.17) is 0 Å². The zero-order valence-corrected chi connectivity index (χ0v) is 14.2. The van der Waals surface area contributed by atoms with Gasteiger partial charge >= 0.3 is 12.2 Å². The van der Waals surface area contributed by atoms with Crippen LogP contribution in [-0.2, 0) is 4.87 Å². The van der Waals surface area contributed by atoms with Crippen molar-refractivity contribution >= 4 is 17.8 Å². The number of nitrogens with zero attached hydrogens (tertiary/aromatic N) is 3. The van der Waals surface area contributed by atoms with E-state index in [1.165, 1.54) is 0 Å². The Morgan fingerprint density at radius 2 is 1.70 bits per heavy atom. The van der Waals surface area contributed by atoms with Crippen LogP contribution in [0.1, 0.15) is 5.56 Å². The Labute approximate surface area is 154 Å². The van der Waals surface area contributed by atoms with Crippen LogP contribution in [0, 0.1) is 5.82 Å². The Hall–Kier alpha value is -2.88. The van der Waals surface area contributed by atoms with Crippen molar-refractivity contribution in [2.24, 2.45) is 0 Å². The van der Waals surface area contributed by atoms with Crippen LogP contribution in [0.5, 0.6) is 0 Å². The van der Waals surface area contributed by atoms with Crippen LogP contribution in [0.3, 0.4) is 0 Å². The molecule has 5 nitrogen and oxygen atoms in total. The summed E-state index contributed by atoms with van der Waals surface area (Å²) in [7, 11) is 0. The van der Waals surface area contributed by atoms with Gasteiger partial charge in [0, 0.05) is 5.56 Å². The monoisotopic (exact) mass is 394 g/mol. The molecular weight excluding hydrogens is 384 g/mol. The number of alkyl halides is 3. The van der Waals surface area contributed by atoms with E-state index in [9.17, 15) is 22.4 Å². The summed E-state index contributed by atoms with van der Waals surface area (Å²) in [4.78, 5) is 13.7. The second-order valence-electron chi connectivity index (χ2n) is 5.71. The number of hydrogen-bond donors (Lipinski definition) is 1. The summed E-state index contributed by atoms with van der Waals surface area (Å²) >= 11 is 0.300. The number of amides is 1. The van der Waals surface area contributed by atoms with Gasteiger partial charge in [0.05, 0.1) is 0 Å². The Morgan fingerprint density at radius 3 is 2.33 bits per heavy atom. The van der Waals surface area contributed by atoms with Crippen molar-refractivity contribution in [3.05, 3.63) is 66.0 Å². The van der Waals surface area contributed by atoms with Crippen LogP contribution in [0.25, 0.3) is 11.4 Å². The third-order valence-corrected chi connectivity index (χ3v) is 5.30. The fourth-order valence-corrected chi connectivity index (χ4v) is 3.80. The third kappa shape index (κ3) is 2.85. The Balaban J connectivity index is 1.83. The van der Waals surface area contributed by atoms with E-state index in [1.54, 1.807) is 30.3 Å². The van der Waals surface area contributed by atoms with Crippen molar-refractivity contribution in [2.75, 3.05) is 0 Å². The van der Waals surface area contributed by atoms with Gasteiger partial charge < -0.3 is 5.32 Å². The quantitative estimate of drug-likeness (QED) is 0.663. The molecule has 138 valence electrons. The molecule has 1 atom stereocenters. The lowest BCUT2D eigenvalue weighted by Gasteiger charge is -2.37. The fourth-order valence-electron chi connectivity index (χ4n) is 2.68. The maximum absolute atomic E-state index is 14.0. The first-order valence-electron chi connectivity index (χ1n) is 7.67. The molecule has 2 aromatic carbocycles. The molecule has 0 radical (unpaired) electrons. The van der Waals surface area contributed by atoms with Crippen molar-refractivity contribution in [3.8, 4) is 11.4 Å². The van der Waals surface area contributed by atoms with Gasteiger partial charge in [0.25, 0.3) is 0 Å². The summed E-state index contributed by atoms with van der Waals surface area (Å²) in [5, 5.41) is 5.76. The summed E-state index contributed by atoms with van der Waals surface area (Å²) in [6.07, 6.45) is -4.87. The molecule has 0 bridgehead atoms. The molecule has 0 saturated carbocycles. The number of nitrogens with one attached hydrogen (secondary N) is 1. The Morgan fingerprint density at radius 1 is 1.04 bits per heavy atom. The first-order valence-corrected chi connectivity index (χ1v) is 8.48. The summed E-state index contributed by atoms with van der Waals surface area (Å²) in [6, 6.07) is 11.3. The number of carbonyl (C=O) groups excluding carboxylic acids is 1. The standard InChI is InChI=1S/C17H10F4N4OS/c18-12-8-6-11(7-9-12)16(17(19,20)21)23-14(26)25-15(27-16)22-13(24-25)10-4-2-1-3-5-10/h1-9H,(H,23,26)/t16-/m1/s1. The molecule has 0 unspecified atom stereocenters. The number of thioether (sulfide) groups is 1. The second-order valence-corrected chi connectivity index (χ2v) is 6.90. The molecule has 0 spiro atoms. The molecule has 1 aromatic heterocycles. The van der Waals surface area contributed by atoms with Gasteiger partial charge in [-0.1, -0.05) is 42.5 Å². The molecule has 27 heavy (non-hydrogen) atoms. The fraction of sp³-hybridized carbons (Fsp3) is 0.118. The summed E-state index contributed by atoms with van der Waals surface area (Å²) in [5.74, 6) is -0.553. The number of hydrogen-bond acceptors (Lipinski definition) is 4. The molecule has 2 heterocycles. The highest BCUT2D eigenvalue weighted by Gasteiger charge is 2.61. The van der Waals surface area contributed by atoms with E-state index in [2.05, 4.69) is 10.1 Å². The van der Waals surface area contributed by atoms with Crippen molar-refractivity contribution in [1.82, 2.24) is 20.1 Å². The van der Waals surface area contributed by atoms with E-state index < -0.39 is 22.9 Å². The number of carbonyl (C=O) groups is 1. The smallest absolute Gasteiger partial charge is 0.309 e. The van der Waals surface area contributed by atoms with E-state index in [-0.39, 0.29) is 16.5 Å². The van der Waals surface area contributed by atoms with E-state index in [0.29, 0.717) is 17.3 Å². The minimum absolute atomic E-state index is 0.130. The van der Waals surface area contributed by atoms with E-state index >= 15 is 0 Å². The molecule has 4 rings (SSSR count). The number of rotatable bonds is 2. The normalized spacial score (nSPS) is 19.5. The highest BCUT2D eigenvalue weighted by molar-refractivity contribution is 8.00. The zero-order chi connectivity index (χ0) is 19.2. The zero-order valence-electron chi connectivity index (χ0n) is 13.4. The topological polar surface area (TPSA) is 59.8 Å². The van der Waals surface area contributed by atoms with Crippen molar-refractivity contribution in [1.29, 1.82) is 0 Å². The lowest BCUT2D eigenvalue weighted by Crippen LogP contribution is -2.57. The second kappa shape index (κ2) is 6.08. The number of aromatic nitrogens is 3. The highest BCUT2D eigenvalue weighted by Crippen LogP contribution is 2.51. The minimum atomic E-state index is -4.87. The average Bonchev–Trinajstić information content (AvgIpc) is 3.06. The van der Waals surface area contributed by atoms with Gasteiger partial charge in [0.15, 0.2) is 11.0 Å². The highest BCUT2D eigenvalue weighted by atomic mass is 32.2. The van der Waals surface area contributed by atoms with Gasteiger partial charge in [-0.3, -0.25) is 0 Å².